The minimum absolute atomic E-state index is 0.142. The van der Waals surface area contributed by atoms with E-state index in [0.29, 0.717) is 36.0 Å². The number of aliphatic hydroxyl groups is 1. The summed E-state index contributed by atoms with van der Waals surface area (Å²) in [5, 5.41) is 20.3. The van der Waals surface area contributed by atoms with Gasteiger partial charge in [0.25, 0.3) is 0 Å². The molecule has 0 spiro atoms. The van der Waals surface area contributed by atoms with Crippen LogP contribution in [0.2, 0.25) is 5.02 Å². The van der Waals surface area contributed by atoms with Gasteiger partial charge in [-0.2, -0.15) is 5.26 Å². The number of aromatic nitrogens is 1. The average molecular weight is 476 g/mol. The number of aliphatic hydroxyl groups excluding tert-OH is 1. The Morgan fingerprint density at radius 3 is 2.71 bits per heavy atom. The van der Waals surface area contributed by atoms with E-state index >= 15 is 0 Å². The molecule has 3 atom stereocenters. The van der Waals surface area contributed by atoms with Crippen LogP contribution in [-0.2, 0) is 6.42 Å². The molecule has 2 fully saturated rings. The van der Waals surface area contributed by atoms with Crippen molar-refractivity contribution in [2.24, 2.45) is 5.92 Å². The Kier molecular flexibility index (Phi) is 6.48. The molecule has 3 aromatic rings. The van der Waals surface area contributed by atoms with Crippen molar-refractivity contribution in [2.75, 3.05) is 13.2 Å². The molecule has 2 aromatic carbocycles. The van der Waals surface area contributed by atoms with Crippen molar-refractivity contribution in [3.63, 3.8) is 0 Å². The van der Waals surface area contributed by atoms with Gasteiger partial charge in [0.05, 0.1) is 18.1 Å². The monoisotopic (exact) mass is 475 g/mol. The van der Waals surface area contributed by atoms with Crippen LogP contribution in [0.15, 0.2) is 42.5 Å². The van der Waals surface area contributed by atoms with Crippen LogP contribution >= 0.6 is 11.6 Å². The summed E-state index contributed by atoms with van der Waals surface area (Å²) in [5.41, 5.74) is 4.86. The number of unbranched alkanes of at least 4 members (excludes halogenated alkanes) is 1. The van der Waals surface area contributed by atoms with Crippen molar-refractivity contribution >= 4 is 28.3 Å². The van der Waals surface area contributed by atoms with E-state index in [9.17, 15) is 9.90 Å². The molecule has 2 bridgehead atoms. The molecule has 2 saturated heterocycles. The van der Waals surface area contributed by atoms with Crippen LogP contribution in [-0.4, -0.2) is 45.6 Å². The summed E-state index contributed by atoms with van der Waals surface area (Å²) in [6, 6.07) is 17.0. The first kappa shape index (κ1) is 23.1. The fraction of sp³-hybridized carbons (Fsp3) is 0.429. The lowest BCUT2D eigenvalue weighted by atomic mass is 9.90. The molecular weight excluding hydrogens is 446 g/mol. The Labute approximate surface area is 205 Å². The lowest BCUT2D eigenvalue weighted by Crippen LogP contribution is -2.36. The number of nitriles is 1. The molecule has 5 rings (SSSR count). The lowest BCUT2D eigenvalue weighted by Gasteiger charge is -2.22. The molecule has 2 aliphatic rings. The normalized spacial score (nSPS) is 21.9. The second-order valence-electron chi connectivity index (χ2n) is 9.71. The number of hydrogen-bond acceptors (Lipinski definition) is 4. The SMILES string of the molecule is Cc1c(C(=O)CN2C3CCC2[C@@H](CO)C3)c2ccc(CCCC#N)cc2n1-c1ccc(Cl)cc1. The highest BCUT2D eigenvalue weighted by Crippen LogP contribution is 2.42. The van der Waals surface area contributed by atoms with E-state index in [4.69, 9.17) is 16.9 Å². The minimum atomic E-state index is 0.142. The molecule has 0 amide bonds. The van der Waals surface area contributed by atoms with Crippen molar-refractivity contribution in [1.82, 2.24) is 9.47 Å². The van der Waals surface area contributed by atoms with Crippen LogP contribution in [0.1, 0.15) is 53.7 Å². The van der Waals surface area contributed by atoms with Gasteiger partial charge in [-0.25, -0.2) is 0 Å². The maximum Gasteiger partial charge on any atom is 0.179 e. The van der Waals surface area contributed by atoms with E-state index in [2.05, 4.69) is 33.7 Å². The van der Waals surface area contributed by atoms with Gasteiger partial charge in [-0.1, -0.05) is 23.7 Å². The van der Waals surface area contributed by atoms with Crippen LogP contribution in [0.5, 0.6) is 0 Å². The predicted molar refractivity (Wildman–Crippen MR) is 135 cm³/mol. The molecule has 34 heavy (non-hydrogen) atoms. The maximum absolute atomic E-state index is 13.8. The molecule has 2 aliphatic heterocycles. The van der Waals surface area contributed by atoms with E-state index in [1.165, 1.54) is 0 Å². The van der Waals surface area contributed by atoms with Gasteiger partial charge in [-0.15, -0.1) is 0 Å². The molecule has 6 heteroatoms. The van der Waals surface area contributed by atoms with E-state index < -0.39 is 0 Å². The number of halogens is 1. The maximum atomic E-state index is 13.8. The number of benzene rings is 2. The van der Waals surface area contributed by atoms with Gasteiger partial charge < -0.3 is 9.67 Å². The summed E-state index contributed by atoms with van der Waals surface area (Å²) in [6.45, 7) is 2.62. The van der Waals surface area contributed by atoms with Crippen LogP contribution in [0, 0.1) is 24.2 Å². The number of hydrogen-bond donors (Lipinski definition) is 1. The summed E-state index contributed by atoms with van der Waals surface area (Å²) in [7, 11) is 0. The zero-order valence-electron chi connectivity index (χ0n) is 19.5. The van der Waals surface area contributed by atoms with Gasteiger partial charge in [0.15, 0.2) is 5.78 Å². The van der Waals surface area contributed by atoms with Gasteiger partial charge in [-0.3, -0.25) is 9.69 Å². The molecule has 0 saturated carbocycles. The van der Waals surface area contributed by atoms with Crippen molar-refractivity contribution < 1.29 is 9.90 Å². The molecule has 5 nitrogen and oxygen atoms in total. The highest BCUT2D eigenvalue weighted by Gasteiger charge is 2.46. The summed E-state index contributed by atoms with van der Waals surface area (Å²) in [5.74, 6) is 0.432. The third kappa shape index (κ3) is 4.05. The second kappa shape index (κ2) is 9.54. The first-order chi connectivity index (χ1) is 16.5. The third-order valence-corrected chi connectivity index (χ3v) is 8.01. The fourth-order valence-corrected chi connectivity index (χ4v) is 6.31. The largest absolute Gasteiger partial charge is 0.396 e. The van der Waals surface area contributed by atoms with Crippen molar-refractivity contribution in [1.29, 1.82) is 5.26 Å². The zero-order chi connectivity index (χ0) is 23.8. The predicted octanol–water partition coefficient (Wildman–Crippen LogP) is 5.47. The molecule has 176 valence electrons. The summed E-state index contributed by atoms with van der Waals surface area (Å²) in [6.07, 6.45) is 5.36. The Morgan fingerprint density at radius 1 is 1.21 bits per heavy atom. The molecule has 1 N–H and O–H groups in total. The molecule has 1 aromatic heterocycles. The van der Waals surface area contributed by atoms with E-state index in [1.54, 1.807) is 0 Å². The van der Waals surface area contributed by atoms with Gasteiger partial charge in [-0.05, 0) is 80.8 Å². The smallest absolute Gasteiger partial charge is 0.179 e. The van der Waals surface area contributed by atoms with Crippen LogP contribution in [0.25, 0.3) is 16.6 Å². The summed E-state index contributed by atoms with van der Waals surface area (Å²) >= 11 is 6.15. The molecular formula is C28H30ClN3O2. The first-order valence-electron chi connectivity index (χ1n) is 12.2. The van der Waals surface area contributed by atoms with E-state index in [0.717, 1.165) is 65.5 Å². The van der Waals surface area contributed by atoms with Gasteiger partial charge in [0.1, 0.15) is 0 Å². The average Bonchev–Trinajstić information content (AvgIpc) is 3.47. The lowest BCUT2D eigenvalue weighted by molar-refractivity contribution is 0.0905. The van der Waals surface area contributed by atoms with Gasteiger partial charge >= 0.3 is 0 Å². The topological polar surface area (TPSA) is 69.3 Å². The number of aryl methyl sites for hydroxylation is 1. The highest BCUT2D eigenvalue weighted by molar-refractivity contribution is 6.30. The zero-order valence-corrected chi connectivity index (χ0v) is 20.3. The number of carbonyl (C=O) groups is 1. The Morgan fingerprint density at radius 2 is 2.00 bits per heavy atom. The number of nitrogens with zero attached hydrogens (tertiary/aromatic N) is 3. The highest BCUT2D eigenvalue weighted by atomic mass is 35.5. The third-order valence-electron chi connectivity index (χ3n) is 7.76. The molecule has 2 unspecified atom stereocenters. The van der Waals surface area contributed by atoms with E-state index in [1.807, 2.05) is 31.2 Å². The van der Waals surface area contributed by atoms with Crippen LogP contribution in [0.4, 0.5) is 0 Å². The first-order valence-corrected chi connectivity index (χ1v) is 12.6. The Balaban J connectivity index is 1.55. The fourth-order valence-electron chi connectivity index (χ4n) is 6.18. The summed E-state index contributed by atoms with van der Waals surface area (Å²) in [4.78, 5) is 16.1. The molecule has 0 radical (unpaired) electrons. The number of Topliss-reactive ketones (excluding diaryl/α,β-unsaturated/α-hetero) is 1. The van der Waals surface area contributed by atoms with Crippen molar-refractivity contribution in [3.8, 4) is 11.8 Å². The number of carbonyl (C=O) groups excluding carboxylic acids is 1. The standard InChI is InChI=1S/C28H30ClN3O2/c1-18-28(27(34)16-31-23-10-12-25(31)20(15-23)17-33)24-11-5-19(4-2-3-13-30)14-26(24)32(18)22-8-6-21(29)7-9-22/h5-9,11,14,20,23,25,33H,2-4,10,12,15-17H2,1H3/t20-,23?,25?/m1/s1. The summed E-state index contributed by atoms with van der Waals surface area (Å²) < 4.78 is 2.15. The number of rotatable bonds is 8. The number of ketones is 1. The van der Waals surface area contributed by atoms with E-state index in [-0.39, 0.29) is 12.4 Å². The number of fused-ring (bicyclic) bond motifs is 3. The second-order valence-corrected chi connectivity index (χ2v) is 10.1. The quantitative estimate of drug-likeness (QED) is 0.346. The Hall–Kier alpha value is -2.65. The molecule has 0 aliphatic carbocycles. The van der Waals surface area contributed by atoms with Crippen molar-refractivity contribution in [2.45, 2.75) is 57.5 Å². The Bertz CT molecular complexity index is 1260. The van der Waals surface area contributed by atoms with Gasteiger partial charge in [0, 0.05) is 52.5 Å². The van der Waals surface area contributed by atoms with Gasteiger partial charge in [0.2, 0.25) is 0 Å². The van der Waals surface area contributed by atoms with Crippen LogP contribution < -0.4 is 0 Å². The minimum Gasteiger partial charge on any atom is -0.396 e. The van der Waals surface area contributed by atoms with Crippen molar-refractivity contribution in [3.05, 3.63) is 64.3 Å². The molecule has 3 heterocycles. The van der Waals surface area contributed by atoms with Crippen LogP contribution in [0.3, 0.4) is 0 Å².